The first-order valence-corrected chi connectivity index (χ1v) is 8.90. The van der Waals surface area contributed by atoms with E-state index in [1.807, 2.05) is 48.5 Å². The molecular weight excluding hydrogens is 447 g/mol. The third kappa shape index (κ3) is 3.41. The van der Waals surface area contributed by atoms with Gasteiger partial charge < -0.3 is 0 Å². The summed E-state index contributed by atoms with van der Waals surface area (Å²) in [6.07, 6.45) is 0. The Labute approximate surface area is 156 Å². The van der Waals surface area contributed by atoms with Crippen LogP contribution in [0.2, 0.25) is 10.0 Å². The molecule has 0 saturated carbocycles. The molecule has 0 amide bonds. The van der Waals surface area contributed by atoms with Crippen LogP contribution in [0.3, 0.4) is 0 Å². The smallest absolute Gasteiger partial charge is 0.0406 e. The molecule has 0 aliphatic rings. The maximum absolute atomic E-state index is 5.96. The molecule has 0 nitrogen and oxygen atoms in total. The van der Waals surface area contributed by atoms with Crippen LogP contribution in [0.25, 0.3) is 22.3 Å². The first-order chi connectivity index (χ1) is 10.5. The minimum absolute atomic E-state index is 0.733. The molecule has 110 valence electrons. The van der Waals surface area contributed by atoms with Gasteiger partial charge in [0.1, 0.15) is 0 Å². The van der Waals surface area contributed by atoms with Crippen molar-refractivity contribution in [2.75, 3.05) is 0 Å². The second kappa shape index (κ2) is 6.76. The highest BCUT2D eigenvalue weighted by Crippen LogP contribution is 2.38. The van der Waals surface area contributed by atoms with Gasteiger partial charge in [0.15, 0.2) is 0 Å². The van der Waals surface area contributed by atoms with Gasteiger partial charge in [0, 0.05) is 19.0 Å². The molecule has 0 heterocycles. The Morgan fingerprint density at radius 2 is 0.864 bits per heavy atom. The summed E-state index contributed by atoms with van der Waals surface area (Å²) in [6, 6.07) is 19.8. The van der Waals surface area contributed by atoms with Crippen LogP contribution in [-0.4, -0.2) is 0 Å². The molecule has 0 spiro atoms. The molecule has 0 bridgehead atoms. The van der Waals surface area contributed by atoms with Gasteiger partial charge in [-0.05, 0) is 58.7 Å². The summed E-state index contributed by atoms with van der Waals surface area (Å²) >= 11 is 19.2. The standard InChI is InChI=1S/C18H10Br2Cl2/c19-17-10-16(12-3-7-14(22)8-4-12)18(20)9-15(17)11-1-5-13(21)6-2-11/h1-10H. The number of halogens is 4. The Hall–Kier alpha value is -0.800. The lowest BCUT2D eigenvalue weighted by molar-refractivity contribution is 1.53. The molecule has 0 saturated heterocycles. The predicted octanol–water partition coefficient (Wildman–Crippen LogP) is 7.85. The van der Waals surface area contributed by atoms with Crippen molar-refractivity contribution in [3.63, 3.8) is 0 Å². The highest BCUT2D eigenvalue weighted by Gasteiger charge is 2.10. The molecule has 3 aromatic rings. The Morgan fingerprint density at radius 3 is 1.18 bits per heavy atom. The maximum atomic E-state index is 5.96. The molecule has 0 N–H and O–H groups in total. The highest BCUT2D eigenvalue weighted by molar-refractivity contribution is 9.11. The van der Waals surface area contributed by atoms with Crippen molar-refractivity contribution in [1.29, 1.82) is 0 Å². The molecule has 0 fully saturated rings. The van der Waals surface area contributed by atoms with Crippen LogP contribution in [-0.2, 0) is 0 Å². The van der Waals surface area contributed by atoms with Gasteiger partial charge in [-0.1, -0.05) is 79.3 Å². The number of rotatable bonds is 2. The lowest BCUT2D eigenvalue weighted by Crippen LogP contribution is -1.85. The first-order valence-electron chi connectivity index (χ1n) is 6.55. The normalized spacial score (nSPS) is 10.7. The van der Waals surface area contributed by atoms with E-state index in [0.717, 1.165) is 41.2 Å². The van der Waals surface area contributed by atoms with Crippen LogP contribution >= 0.6 is 55.1 Å². The number of benzene rings is 3. The monoisotopic (exact) mass is 454 g/mol. The lowest BCUT2D eigenvalue weighted by Gasteiger charge is -2.11. The van der Waals surface area contributed by atoms with Crippen LogP contribution in [0.15, 0.2) is 69.6 Å². The predicted molar refractivity (Wildman–Crippen MR) is 103 cm³/mol. The maximum Gasteiger partial charge on any atom is 0.0406 e. The largest absolute Gasteiger partial charge is 0.0843 e. The molecule has 0 aliphatic heterocycles. The molecular formula is C18H10Br2Cl2. The molecule has 0 aliphatic carbocycles. The van der Waals surface area contributed by atoms with Crippen LogP contribution < -0.4 is 0 Å². The molecule has 4 heteroatoms. The summed E-state index contributed by atoms with van der Waals surface area (Å²) in [4.78, 5) is 0. The van der Waals surface area contributed by atoms with Gasteiger partial charge >= 0.3 is 0 Å². The lowest BCUT2D eigenvalue weighted by atomic mass is 10.0. The second-order valence-electron chi connectivity index (χ2n) is 4.83. The van der Waals surface area contributed by atoms with Gasteiger partial charge in [-0.15, -0.1) is 0 Å². The second-order valence-corrected chi connectivity index (χ2v) is 7.41. The van der Waals surface area contributed by atoms with E-state index in [2.05, 4.69) is 44.0 Å². The van der Waals surface area contributed by atoms with Crippen LogP contribution in [0, 0.1) is 0 Å². The highest BCUT2D eigenvalue weighted by atomic mass is 79.9. The molecule has 0 radical (unpaired) electrons. The topological polar surface area (TPSA) is 0 Å². The Balaban J connectivity index is 2.08. The zero-order chi connectivity index (χ0) is 15.7. The van der Waals surface area contributed by atoms with Crippen molar-refractivity contribution in [1.82, 2.24) is 0 Å². The van der Waals surface area contributed by atoms with Gasteiger partial charge in [-0.25, -0.2) is 0 Å². The first kappa shape index (κ1) is 16.1. The minimum Gasteiger partial charge on any atom is -0.0843 e. The summed E-state index contributed by atoms with van der Waals surface area (Å²) in [5, 5.41) is 1.47. The molecule has 3 rings (SSSR count). The average molecular weight is 457 g/mol. The zero-order valence-electron chi connectivity index (χ0n) is 11.3. The van der Waals surface area contributed by atoms with Gasteiger partial charge in [-0.2, -0.15) is 0 Å². The average Bonchev–Trinajstić information content (AvgIpc) is 2.51. The van der Waals surface area contributed by atoms with Crippen molar-refractivity contribution in [2.45, 2.75) is 0 Å². The quantitative estimate of drug-likeness (QED) is 0.368. The van der Waals surface area contributed by atoms with Gasteiger partial charge in [0.25, 0.3) is 0 Å². The van der Waals surface area contributed by atoms with Gasteiger partial charge in [-0.3, -0.25) is 0 Å². The van der Waals surface area contributed by atoms with E-state index in [4.69, 9.17) is 23.2 Å². The fourth-order valence-corrected chi connectivity index (χ4v) is 3.64. The van der Waals surface area contributed by atoms with E-state index in [1.54, 1.807) is 0 Å². The molecule has 0 unspecified atom stereocenters. The SMILES string of the molecule is Clc1ccc(-c2cc(Br)c(-c3ccc(Cl)cc3)cc2Br)cc1. The van der Waals surface area contributed by atoms with Crippen LogP contribution in [0.4, 0.5) is 0 Å². The summed E-state index contributed by atoms with van der Waals surface area (Å²) in [5.41, 5.74) is 4.45. The van der Waals surface area contributed by atoms with Gasteiger partial charge in [0.2, 0.25) is 0 Å². The Morgan fingerprint density at radius 1 is 0.545 bits per heavy atom. The number of hydrogen-bond acceptors (Lipinski definition) is 0. The van der Waals surface area contributed by atoms with E-state index in [1.165, 1.54) is 0 Å². The van der Waals surface area contributed by atoms with E-state index >= 15 is 0 Å². The van der Waals surface area contributed by atoms with E-state index < -0.39 is 0 Å². The van der Waals surface area contributed by atoms with Crippen LogP contribution in [0.5, 0.6) is 0 Å². The fourth-order valence-electron chi connectivity index (χ4n) is 2.25. The summed E-state index contributed by atoms with van der Waals surface area (Å²) in [7, 11) is 0. The van der Waals surface area contributed by atoms with Crippen LogP contribution in [0.1, 0.15) is 0 Å². The van der Waals surface area contributed by atoms with E-state index in [-0.39, 0.29) is 0 Å². The molecule has 22 heavy (non-hydrogen) atoms. The molecule has 0 aromatic heterocycles. The fraction of sp³-hybridized carbons (Fsp3) is 0. The van der Waals surface area contributed by atoms with Crippen molar-refractivity contribution in [3.05, 3.63) is 79.7 Å². The number of hydrogen-bond donors (Lipinski definition) is 0. The third-order valence-electron chi connectivity index (χ3n) is 3.37. The Kier molecular flexibility index (Phi) is 4.94. The van der Waals surface area contributed by atoms with E-state index in [9.17, 15) is 0 Å². The molecule has 3 aromatic carbocycles. The summed E-state index contributed by atoms with van der Waals surface area (Å²) in [6.45, 7) is 0. The Bertz CT molecular complexity index is 738. The van der Waals surface area contributed by atoms with Gasteiger partial charge in [0.05, 0.1) is 0 Å². The zero-order valence-corrected chi connectivity index (χ0v) is 16.0. The van der Waals surface area contributed by atoms with Crippen molar-refractivity contribution in [3.8, 4) is 22.3 Å². The van der Waals surface area contributed by atoms with Crippen molar-refractivity contribution in [2.24, 2.45) is 0 Å². The van der Waals surface area contributed by atoms with Crippen molar-refractivity contribution < 1.29 is 0 Å². The van der Waals surface area contributed by atoms with E-state index in [0.29, 0.717) is 0 Å². The summed E-state index contributed by atoms with van der Waals surface area (Å²) in [5.74, 6) is 0. The minimum atomic E-state index is 0.733. The van der Waals surface area contributed by atoms with Crippen molar-refractivity contribution >= 4 is 55.1 Å². The summed E-state index contributed by atoms with van der Waals surface area (Å²) < 4.78 is 2.06. The third-order valence-corrected chi connectivity index (χ3v) is 5.18. The molecule has 0 atom stereocenters.